The molecule has 80 valence electrons. The minimum Gasteiger partial charge on any atom is -0.382 e. The van der Waals surface area contributed by atoms with Gasteiger partial charge in [-0.1, -0.05) is 6.92 Å². The molecule has 2 saturated heterocycles. The molecular weight excluding hydrogens is 199 g/mol. The summed E-state index contributed by atoms with van der Waals surface area (Å²) in [6.45, 7) is 2.82. The first-order chi connectivity index (χ1) is 6.65. The van der Waals surface area contributed by atoms with E-state index in [4.69, 9.17) is 14.2 Å². The Bertz CT molecular complexity index is 228. The lowest BCUT2D eigenvalue weighted by molar-refractivity contribution is -0.111. The molecule has 14 heavy (non-hydrogen) atoms. The van der Waals surface area contributed by atoms with E-state index in [0.717, 1.165) is 0 Å². The van der Waals surface area contributed by atoms with Crippen LogP contribution in [0.25, 0.3) is 0 Å². The Balaban J connectivity index is 2.25. The maximum absolute atomic E-state index is 6.03. The van der Waals surface area contributed by atoms with Gasteiger partial charge in [-0.3, -0.25) is 0 Å². The maximum atomic E-state index is 6.03. The van der Waals surface area contributed by atoms with Crippen molar-refractivity contribution in [1.82, 2.24) is 0 Å². The van der Waals surface area contributed by atoms with Gasteiger partial charge in [0.2, 0.25) is 0 Å². The summed E-state index contributed by atoms with van der Waals surface area (Å²) < 4.78 is 16.9. The van der Waals surface area contributed by atoms with Crippen molar-refractivity contribution in [3.8, 4) is 0 Å². The SMILES string of the molecule is B[C@@H]1O[C@@]2(COC)C(C)SC1C2OC. The predicted octanol–water partition coefficient (Wildman–Crippen LogP) is -0.120. The van der Waals surface area contributed by atoms with Crippen molar-refractivity contribution in [2.45, 2.75) is 35.1 Å². The Hall–Kier alpha value is 0.295. The van der Waals surface area contributed by atoms with Crippen LogP contribution in [0.15, 0.2) is 0 Å². The van der Waals surface area contributed by atoms with E-state index in [9.17, 15) is 0 Å². The van der Waals surface area contributed by atoms with Gasteiger partial charge >= 0.3 is 0 Å². The molecule has 3 unspecified atom stereocenters. The molecule has 0 amide bonds. The molecule has 2 bridgehead atoms. The number of rotatable bonds is 3. The molecule has 0 aliphatic carbocycles. The average Bonchev–Trinajstić information content (AvgIpc) is 2.54. The third-order valence-corrected chi connectivity index (χ3v) is 5.07. The van der Waals surface area contributed by atoms with Crippen LogP contribution in [0.2, 0.25) is 0 Å². The lowest BCUT2D eigenvalue weighted by Gasteiger charge is -2.35. The van der Waals surface area contributed by atoms with E-state index in [2.05, 4.69) is 14.8 Å². The highest BCUT2D eigenvalue weighted by atomic mass is 32.2. The smallest absolute Gasteiger partial charge is 0.140 e. The molecule has 0 saturated carbocycles. The minimum absolute atomic E-state index is 0.178. The second-order valence-electron chi connectivity index (χ2n) is 4.11. The van der Waals surface area contributed by atoms with Crippen LogP contribution in [0.4, 0.5) is 0 Å². The average molecular weight is 216 g/mol. The van der Waals surface area contributed by atoms with Gasteiger partial charge in [0.15, 0.2) is 0 Å². The normalized spacial score (nSPS) is 51.4. The molecule has 0 aromatic rings. The maximum Gasteiger partial charge on any atom is 0.140 e. The zero-order valence-corrected chi connectivity index (χ0v) is 9.97. The summed E-state index contributed by atoms with van der Waals surface area (Å²) in [5.41, 5.74) is -0.224. The van der Waals surface area contributed by atoms with E-state index in [1.165, 1.54) is 0 Å². The summed E-state index contributed by atoms with van der Waals surface area (Å²) >= 11 is 1.96. The van der Waals surface area contributed by atoms with Crippen LogP contribution in [0.1, 0.15) is 6.92 Å². The van der Waals surface area contributed by atoms with Crippen molar-refractivity contribution in [2.24, 2.45) is 0 Å². The zero-order chi connectivity index (χ0) is 10.3. The molecule has 2 rings (SSSR count). The Kier molecular flexibility index (Phi) is 2.86. The monoisotopic (exact) mass is 216 g/mol. The third-order valence-electron chi connectivity index (χ3n) is 3.32. The van der Waals surface area contributed by atoms with Gasteiger partial charge in [-0.05, 0) is 0 Å². The van der Waals surface area contributed by atoms with Crippen molar-refractivity contribution in [3.63, 3.8) is 0 Å². The van der Waals surface area contributed by atoms with E-state index in [1.54, 1.807) is 14.2 Å². The van der Waals surface area contributed by atoms with E-state index >= 15 is 0 Å². The fourth-order valence-corrected chi connectivity index (χ4v) is 4.38. The first kappa shape index (κ1) is 10.8. The number of hydrogen-bond acceptors (Lipinski definition) is 4. The Morgan fingerprint density at radius 3 is 2.79 bits per heavy atom. The zero-order valence-electron chi connectivity index (χ0n) is 9.15. The van der Waals surface area contributed by atoms with Crippen LogP contribution in [-0.4, -0.2) is 56.9 Å². The lowest BCUT2D eigenvalue weighted by atomic mass is 9.90. The number of ether oxygens (including phenoxy) is 3. The minimum atomic E-state index is -0.224. The quantitative estimate of drug-likeness (QED) is 0.615. The molecule has 5 atom stereocenters. The van der Waals surface area contributed by atoms with Gasteiger partial charge in [0, 0.05) is 25.5 Å². The third kappa shape index (κ3) is 1.26. The van der Waals surface area contributed by atoms with E-state index in [0.29, 0.717) is 17.1 Å². The van der Waals surface area contributed by atoms with Gasteiger partial charge < -0.3 is 14.2 Å². The molecule has 3 nitrogen and oxygen atoms in total. The van der Waals surface area contributed by atoms with Crippen LogP contribution in [-0.2, 0) is 14.2 Å². The predicted molar refractivity (Wildman–Crippen MR) is 59.7 cm³/mol. The highest BCUT2D eigenvalue weighted by molar-refractivity contribution is 8.01. The Labute approximate surface area is 90.3 Å². The summed E-state index contributed by atoms with van der Waals surface area (Å²) in [4.78, 5) is 0. The molecule has 2 aliphatic rings. The Morgan fingerprint density at radius 2 is 2.21 bits per heavy atom. The van der Waals surface area contributed by atoms with Crippen molar-refractivity contribution >= 4 is 19.6 Å². The molecule has 0 aromatic carbocycles. The van der Waals surface area contributed by atoms with E-state index in [1.807, 2.05) is 11.8 Å². The number of hydrogen-bond donors (Lipinski definition) is 0. The van der Waals surface area contributed by atoms with Crippen LogP contribution in [0.5, 0.6) is 0 Å². The van der Waals surface area contributed by atoms with Gasteiger partial charge in [-0.2, -0.15) is 0 Å². The highest BCUT2D eigenvalue weighted by Crippen LogP contribution is 2.52. The number of methoxy groups -OCH3 is 2. The highest BCUT2D eigenvalue weighted by Gasteiger charge is 2.63. The summed E-state index contributed by atoms with van der Waals surface area (Å²) in [6, 6.07) is 0.274. The van der Waals surface area contributed by atoms with E-state index < -0.39 is 0 Å². The molecule has 2 aliphatic heterocycles. The molecule has 2 heterocycles. The number of fused-ring (bicyclic) bond motifs is 2. The van der Waals surface area contributed by atoms with Crippen molar-refractivity contribution < 1.29 is 14.2 Å². The van der Waals surface area contributed by atoms with Crippen LogP contribution < -0.4 is 0 Å². The van der Waals surface area contributed by atoms with Gasteiger partial charge in [-0.15, -0.1) is 11.8 Å². The lowest BCUT2D eigenvalue weighted by Crippen LogP contribution is -2.49. The van der Waals surface area contributed by atoms with Gasteiger partial charge in [-0.25, -0.2) is 0 Å². The van der Waals surface area contributed by atoms with Gasteiger partial charge in [0.05, 0.1) is 11.9 Å². The molecule has 5 heteroatoms. The van der Waals surface area contributed by atoms with E-state index in [-0.39, 0.29) is 17.7 Å². The topological polar surface area (TPSA) is 27.7 Å². The molecular formula is C9H17BO3S. The van der Waals surface area contributed by atoms with Gasteiger partial charge in [0.25, 0.3) is 0 Å². The fourth-order valence-electron chi connectivity index (χ4n) is 2.66. The molecule has 0 spiro atoms. The standard InChI is InChI=1S/C9H17BO3S/c1-5-9(4-11-2)7(12-3)6(14-5)8(10)13-9/h5-8H,4,10H2,1-3H3/t5?,6?,7?,8-,9+/m1/s1. The molecule has 0 N–H and O–H groups in total. The summed E-state index contributed by atoms with van der Waals surface area (Å²) in [6.07, 6.45) is 0.178. The first-order valence-electron chi connectivity index (χ1n) is 5.00. The van der Waals surface area contributed by atoms with Crippen LogP contribution in [0.3, 0.4) is 0 Å². The number of thioether (sulfide) groups is 1. The summed E-state index contributed by atoms with van der Waals surface area (Å²) in [5.74, 6) is 0. The van der Waals surface area contributed by atoms with Gasteiger partial charge in [0.1, 0.15) is 19.6 Å². The van der Waals surface area contributed by atoms with Crippen molar-refractivity contribution in [3.05, 3.63) is 0 Å². The second kappa shape index (κ2) is 3.70. The second-order valence-corrected chi connectivity index (χ2v) is 5.63. The summed E-state index contributed by atoms with van der Waals surface area (Å²) in [5, 5.41) is 0.916. The first-order valence-corrected chi connectivity index (χ1v) is 5.95. The molecule has 0 aromatic heterocycles. The van der Waals surface area contributed by atoms with Crippen molar-refractivity contribution in [1.29, 1.82) is 0 Å². The van der Waals surface area contributed by atoms with Crippen molar-refractivity contribution in [2.75, 3.05) is 20.8 Å². The molecule has 2 fully saturated rings. The Morgan fingerprint density at radius 1 is 1.50 bits per heavy atom. The largest absolute Gasteiger partial charge is 0.382 e. The van der Waals surface area contributed by atoms with Crippen LogP contribution in [0, 0.1) is 0 Å². The molecule has 0 radical (unpaired) electrons. The summed E-state index contributed by atoms with van der Waals surface area (Å²) in [7, 11) is 5.60. The fraction of sp³-hybridized carbons (Fsp3) is 1.00. The van der Waals surface area contributed by atoms with Crippen LogP contribution >= 0.6 is 11.8 Å².